The first-order valence-corrected chi connectivity index (χ1v) is 5.12. The van der Waals surface area contributed by atoms with E-state index in [4.69, 9.17) is 0 Å². The van der Waals surface area contributed by atoms with Gasteiger partial charge in [-0.15, -0.1) is 0 Å². The number of rotatable bonds is 1. The summed E-state index contributed by atoms with van der Waals surface area (Å²) in [5, 5.41) is 1.30. The van der Waals surface area contributed by atoms with Gasteiger partial charge in [-0.1, -0.05) is 30.0 Å². The molecule has 3 heteroatoms. The van der Waals surface area contributed by atoms with Crippen LogP contribution in [-0.4, -0.2) is 30.0 Å². The van der Waals surface area contributed by atoms with E-state index in [9.17, 15) is 0 Å². The molecular weight excluding hydrogens is 293 g/mol. The molecule has 0 aliphatic rings. The van der Waals surface area contributed by atoms with E-state index in [1.165, 1.54) is 10.6 Å². The summed E-state index contributed by atoms with van der Waals surface area (Å²) >= 11 is 1.77. The topological polar surface area (TPSA) is 3.01 Å². The van der Waals surface area contributed by atoms with Crippen molar-refractivity contribution >= 4 is 16.8 Å². The van der Waals surface area contributed by atoms with Crippen molar-refractivity contribution in [1.82, 2.24) is 0 Å². The van der Waals surface area contributed by atoms with Crippen LogP contribution in [0.25, 0.3) is 0 Å². The minimum Gasteiger partial charge on any atom is -1.00 e. The van der Waals surface area contributed by atoms with Crippen LogP contribution in [0.15, 0.2) is 30.3 Å². The molecule has 0 spiro atoms. The highest BCUT2D eigenvalue weighted by atomic mass is 127. The maximum absolute atomic E-state index is 2.14. The average Bonchev–Trinajstić information content (AvgIpc) is 2.07. The molecule has 0 aliphatic heterocycles. The van der Waals surface area contributed by atoms with Crippen LogP contribution in [0.1, 0.15) is 5.56 Å². The zero-order valence-corrected chi connectivity index (χ0v) is 11.1. The molecule has 0 saturated carbocycles. The second-order valence-corrected chi connectivity index (χ2v) is 3.56. The van der Waals surface area contributed by atoms with Crippen molar-refractivity contribution < 1.29 is 28.6 Å². The Morgan fingerprint density at radius 2 is 1.69 bits per heavy atom. The molecule has 1 aromatic rings. The largest absolute Gasteiger partial charge is 1.00 e. The number of thioether (sulfide) groups is 1. The van der Waals surface area contributed by atoms with Gasteiger partial charge in [-0.2, -0.15) is 0 Å². The van der Waals surface area contributed by atoms with Crippen LogP contribution >= 0.6 is 11.8 Å². The van der Waals surface area contributed by atoms with Crippen molar-refractivity contribution in [2.45, 2.75) is 0 Å². The maximum Gasteiger partial charge on any atom is 0.241 e. The number of benzene rings is 1. The molecule has 0 N–H and O–H groups in total. The highest BCUT2D eigenvalue weighted by molar-refractivity contribution is 8.13. The number of hydrogen-bond acceptors (Lipinski definition) is 1. The summed E-state index contributed by atoms with van der Waals surface area (Å²) in [6.45, 7) is 0. The van der Waals surface area contributed by atoms with Gasteiger partial charge in [-0.05, 0) is 18.4 Å². The van der Waals surface area contributed by atoms with Gasteiger partial charge in [0.1, 0.15) is 14.1 Å². The van der Waals surface area contributed by atoms with E-state index in [2.05, 4.69) is 49.2 Å². The fraction of sp³-hybridized carbons (Fsp3) is 0.300. The van der Waals surface area contributed by atoms with Crippen LogP contribution < -0.4 is 24.0 Å². The molecule has 1 rings (SSSR count). The van der Waals surface area contributed by atoms with Gasteiger partial charge in [0, 0.05) is 0 Å². The van der Waals surface area contributed by atoms with Gasteiger partial charge in [-0.3, -0.25) is 0 Å². The van der Waals surface area contributed by atoms with Crippen molar-refractivity contribution in [3.8, 4) is 0 Å². The van der Waals surface area contributed by atoms with Crippen LogP contribution in [0.4, 0.5) is 0 Å². The third-order valence-corrected chi connectivity index (χ3v) is 2.61. The molecule has 0 unspecified atom stereocenters. The van der Waals surface area contributed by atoms with E-state index in [1.54, 1.807) is 11.8 Å². The molecule has 0 bridgehead atoms. The molecule has 0 amide bonds. The summed E-state index contributed by atoms with van der Waals surface area (Å²) in [5.41, 5.74) is 1.29. The molecule has 0 heterocycles. The highest BCUT2D eigenvalue weighted by Gasteiger charge is 2.07. The van der Waals surface area contributed by atoms with Gasteiger partial charge in [-0.25, -0.2) is 4.58 Å². The van der Waals surface area contributed by atoms with Crippen molar-refractivity contribution in [3.63, 3.8) is 0 Å². The van der Waals surface area contributed by atoms with Crippen LogP contribution in [0.5, 0.6) is 0 Å². The first-order valence-electron chi connectivity index (χ1n) is 3.89. The Balaban J connectivity index is 0.00000144. The van der Waals surface area contributed by atoms with Gasteiger partial charge >= 0.3 is 0 Å². The van der Waals surface area contributed by atoms with Crippen LogP contribution in [0.2, 0.25) is 0 Å². The SMILES string of the molecule is CSC(c1ccccc1)=[N+](C)C.[I-]. The van der Waals surface area contributed by atoms with E-state index < -0.39 is 0 Å². The minimum atomic E-state index is 0. The maximum atomic E-state index is 2.14. The zero-order chi connectivity index (χ0) is 8.97. The van der Waals surface area contributed by atoms with Gasteiger partial charge < -0.3 is 24.0 Å². The summed E-state index contributed by atoms with van der Waals surface area (Å²) in [4.78, 5) is 0. The lowest BCUT2D eigenvalue weighted by Gasteiger charge is -1.99. The quantitative estimate of drug-likeness (QED) is 0.280. The van der Waals surface area contributed by atoms with E-state index in [0.717, 1.165) is 0 Å². The fourth-order valence-corrected chi connectivity index (χ4v) is 1.88. The molecule has 72 valence electrons. The Bertz CT molecular complexity index is 278. The first kappa shape index (κ1) is 13.0. The van der Waals surface area contributed by atoms with Crippen LogP contribution in [0, 0.1) is 0 Å². The van der Waals surface area contributed by atoms with Crippen molar-refractivity contribution in [1.29, 1.82) is 0 Å². The Hall–Kier alpha value is -0.0300. The number of nitrogens with zero attached hydrogens (tertiary/aromatic N) is 1. The molecule has 0 aromatic heterocycles. The smallest absolute Gasteiger partial charge is 0.241 e. The van der Waals surface area contributed by atoms with Crippen molar-refractivity contribution in [2.75, 3.05) is 20.4 Å². The van der Waals surface area contributed by atoms with Gasteiger partial charge in [0.2, 0.25) is 5.04 Å². The van der Waals surface area contributed by atoms with E-state index in [0.29, 0.717) is 0 Å². The lowest BCUT2D eigenvalue weighted by Crippen LogP contribution is -3.00. The Morgan fingerprint density at radius 3 is 2.08 bits per heavy atom. The molecule has 1 nitrogen and oxygen atoms in total. The standard InChI is InChI=1S/C10H14NS.HI/c1-11(2)10(12-3)9-7-5-4-6-8-9;/h4-8H,1-3H3;1H/q+1;/p-1. The summed E-state index contributed by atoms with van der Waals surface area (Å²) < 4.78 is 2.14. The average molecular weight is 307 g/mol. The van der Waals surface area contributed by atoms with Gasteiger partial charge in [0.05, 0.1) is 5.56 Å². The minimum absolute atomic E-state index is 0. The molecule has 0 fully saturated rings. The van der Waals surface area contributed by atoms with Gasteiger partial charge in [0.15, 0.2) is 0 Å². The second kappa shape index (κ2) is 6.43. The summed E-state index contributed by atoms with van der Waals surface area (Å²) in [6, 6.07) is 10.4. The lowest BCUT2D eigenvalue weighted by molar-refractivity contribution is -0.460. The molecule has 0 saturated heterocycles. The predicted molar refractivity (Wildman–Crippen MR) is 56.2 cm³/mol. The second-order valence-electron chi connectivity index (χ2n) is 2.77. The number of hydrogen-bond donors (Lipinski definition) is 0. The normalized spacial score (nSPS) is 8.85. The molecule has 13 heavy (non-hydrogen) atoms. The third-order valence-electron chi connectivity index (χ3n) is 1.62. The lowest BCUT2D eigenvalue weighted by atomic mass is 10.2. The van der Waals surface area contributed by atoms with E-state index >= 15 is 0 Å². The first-order chi connectivity index (χ1) is 5.75. The zero-order valence-electron chi connectivity index (χ0n) is 8.12. The van der Waals surface area contributed by atoms with E-state index in [1.807, 2.05) is 6.07 Å². The monoisotopic (exact) mass is 307 g/mol. The van der Waals surface area contributed by atoms with Crippen LogP contribution in [0.3, 0.4) is 0 Å². The molecule has 1 aromatic carbocycles. The Labute approximate surface area is 101 Å². The molecule has 0 radical (unpaired) electrons. The fourth-order valence-electron chi connectivity index (χ4n) is 1.14. The van der Waals surface area contributed by atoms with Gasteiger partial charge in [0.25, 0.3) is 0 Å². The van der Waals surface area contributed by atoms with Crippen LogP contribution in [-0.2, 0) is 0 Å². The summed E-state index contributed by atoms with van der Waals surface area (Å²) in [7, 11) is 4.14. The highest BCUT2D eigenvalue weighted by Crippen LogP contribution is 2.09. The van der Waals surface area contributed by atoms with Crippen molar-refractivity contribution in [3.05, 3.63) is 35.9 Å². The van der Waals surface area contributed by atoms with Crippen molar-refractivity contribution in [2.24, 2.45) is 0 Å². The van der Waals surface area contributed by atoms with E-state index in [-0.39, 0.29) is 24.0 Å². The molecular formula is C10H14INS. The summed E-state index contributed by atoms with van der Waals surface area (Å²) in [6.07, 6.45) is 2.10. The third kappa shape index (κ3) is 3.68. The Kier molecular flexibility index (Phi) is 6.41. The molecule has 0 aliphatic carbocycles. The number of halogens is 1. The molecule has 0 atom stereocenters. The Morgan fingerprint density at radius 1 is 1.15 bits per heavy atom. The predicted octanol–water partition coefficient (Wildman–Crippen LogP) is -0.928. The summed E-state index contributed by atoms with van der Waals surface area (Å²) in [5.74, 6) is 0.